The number of carbonyl (C=O) groups is 21. The third-order valence-electron chi connectivity index (χ3n) is 19.7. The second-order valence-corrected chi connectivity index (χ2v) is 26.1. The summed E-state index contributed by atoms with van der Waals surface area (Å²) in [7, 11) is 12.2. The lowest BCUT2D eigenvalue weighted by molar-refractivity contribution is -0.0980. The minimum atomic E-state index is -0.825. The summed E-state index contributed by atoms with van der Waals surface area (Å²) in [6, 6.07) is 27.5. The van der Waals surface area contributed by atoms with E-state index in [0.29, 0.717) is 11.1 Å². The molecular formula is C80H57N9O26. The van der Waals surface area contributed by atoms with Crippen LogP contribution >= 0.6 is 0 Å². The van der Waals surface area contributed by atoms with E-state index in [9.17, 15) is 95.9 Å². The van der Waals surface area contributed by atoms with Gasteiger partial charge in [-0.3, -0.25) is 116 Å². The van der Waals surface area contributed by atoms with E-state index in [1.165, 1.54) is 185 Å². The van der Waals surface area contributed by atoms with E-state index in [2.05, 4.69) is 0 Å². The van der Waals surface area contributed by atoms with E-state index in [1.807, 2.05) is 6.79 Å². The SMILES string of the molecule is C=O.CN1C(=O)c2ccc(C(=O)Oc3ccc4c(c3N)C(=O)N(C)C4=O)cc2C1=O.COc1c(OC(=O)c2ccc3c(c2)C(=O)N(C)C3=O)ccc2c1C(=O)N(C)C2=O.Cc1c(OC(=O)c2ccc3c(c2)C(=O)N(C)C3=O)ccc2c1C(=O)N(C)C2=O.Cc1c(OC(=O)c2ccc3c(c2)C(=O)N(C)C3=O)ccc2c1C(=O)N(C)C2=O. The number of hydrogen-bond acceptors (Lipinski definition) is 27. The van der Waals surface area contributed by atoms with Gasteiger partial charge in [-0.05, 0) is 135 Å². The molecule has 578 valence electrons. The molecule has 8 aromatic carbocycles. The van der Waals surface area contributed by atoms with Gasteiger partial charge in [0.05, 0.1) is 124 Å². The molecule has 0 spiro atoms. The third kappa shape index (κ3) is 12.8. The van der Waals surface area contributed by atoms with Gasteiger partial charge >= 0.3 is 23.9 Å². The van der Waals surface area contributed by atoms with Crippen LogP contribution in [-0.2, 0) is 4.79 Å². The van der Waals surface area contributed by atoms with Crippen LogP contribution in [0.3, 0.4) is 0 Å². The Morgan fingerprint density at radius 1 is 0.261 bits per heavy atom. The summed E-state index contributed by atoms with van der Waals surface area (Å²) in [5, 5.41) is 0. The number of anilines is 1. The number of methoxy groups -OCH3 is 1. The normalized spacial score (nSPS) is 14.9. The van der Waals surface area contributed by atoms with Gasteiger partial charge in [0.25, 0.3) is 94.5 Å². The molecule has 0 aromatic heterocycles. The van der Waals surface area contributed by atoms with Crippen LogP contribution in [-0.4, -0.2) is 228 Å². The van der Waals surface area contributed by atoms with Crippen LogP contribution < -0.4 is 29.4 Å². The van der Waals surface area contributed by atoms with Crippen LogP contribution in [0.1, 0.15) is 218 Å². The van der Waals surface area contributed by atoms with Crippen LogP contribution in [0, 0.1) is 13.8 Å². The maximum Gasteiger partial charge on any atom is 0.343 e. The fraction of sp³-hybridized carbons (Fsp3) is 0.138. The quantitative estimate of drug-likeness (QED) is 0.0812. The zero-order chi connectivity index (χ0) is 84.0. The Morgan fingerprint density at radius 3 is 0.757 bits per heavy atom. The third-order valence-corrected chi connectivity index (χ3v) is 19.7. The number of nitrogens with two attached hydrogens (primary N) is 1. The molecule has 0 radical (unpaired) electrons. The molecular weight excluding hydrogens is 1500 g/mol. The first-order valence-electron chi connectivity index (χ1n) is 33.7. The molecule has 0 bridgehead atoms. The van der Waals surface area contributed by atoms with E-state index >= 15 is 0 Å². The number of carbonyl (C=O) groups excluding carboxylic acids is 21. The molecule has 0 saturated carbocycles. The minimum Gasteiger partial charge on any atom is -0.492 e. The monoisotopic (exact) mass is 1560 g/mol. The molecule has 0 fully saturated rings. The highest BCUT2D eigenvalue weighted by Gasteiger charge is 2.43. The molecule has 115 heavy (non-hydrogen) atoms. The van der Waals surface area contributed by atoms with Gasteiger partial charge in [0.2, 0.25) is 0 Å². The predicted octanol–water partition coefficient (Wildman–Crippen LogP) is 5.45. The summed E-state index contributed by atoms with van der Waals surface area (Å²) in [6.45, 7) is 5.18. The summed E-state index contributed by atoms with van der Waals surface area (Å²) < 4.78 is 26.6. The Kier molecular flexibility index (Phi) is 20.1. The Labute approximate surface area is 647 Å². The molecule has 16 rings (SSSR count). The second-order valence-electron chi connectivity index (χ2n) is 26.1. The molecule has 0 atom stereocenters. The van der Waals surface area contributed by atoms with Crippen LogP contribution in [0.2, 0.25) is 0 Å². The van der Waals surface area contributed by atoms with Crippen LogP contribution in [0.5, 0.6) is 28.7 Å². The van der Waals surface area contributed by atoms with Crippen molar-refractivity contribution in [2.75, 3.05) is 69.2 Å². The van der Waals surface area contributed by atoms with Crippen LogP contribution in [0.15, 0.2) is 121 Å². The average molecular weight is 1560 g/mol. The smallest absolute Gasteiger partial charge is 0.343 e. The number of imide groups is 8. The number of hydrogen-bond donors (Lipinski definition) is 1. The lowest BCUT2D eigenvalue weighted by Gasteiger charge is -2.12. The van der Waals surface area contributed by atoms with Gasteiger partial charge in [0.1, 0.15) is 18.3 Å². The van der Waals surface area contributed by atoms with Crippen molar-refractivity contribution in [3.8, 4) is 28.7 Å². The van der Waals surface area contributed by atoms with Gasteiger partial charge in [-0.25, -0.2) is 19.2 Å². The van der Waals surface area contributed by atoms with Crippen molar-refractivity contribution in [3.05, 3.63) is 244 Å². The highest BCUT2D eigenvalue weighted by atomic mass is 16.6. The number of nitrogens with zero attached hydrogens (tertiary/aromatic N) is 8. The predicted molar refractivity (Wildman–Crippen MR) is 390 cm³/mol. The highest BCUT2D eigenvalue weighted by Crippen LogP contribution is 2.41. The number of benzene rings is 8. The molecule has 8 aliphatic rings. The lowest BCUT2D eigenvalue weighted by atomic mass is 10.0. The Balaban J connectivity index is 0.000000141. The van der Waals surface area contributed by atoms with Crippen molar-refractivity contribution in [1.82, 2.24) is 39.2 Å². The summed E-state index contributed by atoms with van der Waals surface area (Å²) >= 11 is 0. The Bertz CT molecular complexity index is 5590. The number of ether oxygens (including phenoxy) is 5. The number of rotatable bonds is 9. The fourth-order valence-corrected chi connectivity index (χ4v) is 13.2. The first kappa shape index (κ1) is 78.6. The Hall–Kier alpha value is -16.0. The molecule has 0 saturated heterocycles. The van der Waals surface area contributed by atoms with Gasteiger partial charge in [0, 0.05) is 67.5 Å². The maximum absolute atomic E-state index is 12.6. The number of amides is 16. The standard InChI is InChI=1S/C20H14N2O7.2C20H14N2O6.C19H13N3O6.CH2O/c1-21-16(23)10-5-4-9(8-12(10)18(21)25)20(27)29-13-7-6-11-14(15(13)28-3)19(26)22(2)17(11)24;2*1-9-14(7-6-12-15(9)19(26)22(3)17(12)24)28-20(27)10-4-5-11-13(8-10)18(25)21(2)16(11)23;1-21-15(23)9-4-3-8(7-11(9)17(21)25)19(27)28-12-6-5-10-13(14(12)20)18(26)22(2)16(10)24;1-2/h4-8H,1-3H3;2*4-8H,1-3H3;3-7H,20H2,1-2H3;1H2. The van der Waals surface area contributed by atoms with E-state index < -0.39 is 118 Å². The van der Waals surface area contributed by atoms with Crippen molar-refractivity contribution in [2.24, 2.45) is 0 Å². The molecule has 8 heterocycles. The van der Waals surface area contributed by atoms with Crippen LogP contribution in [0.4, 0.5) is 5.69 Å². The largest absolute Gasteiger partial charge is 0.492 e. The average Bonchev–Trinajstić information content (AvgIpc) is 1.68. The molecule has 2 N–H and O–H groups in total. The molecule has 35 heteroatoms. The summed E-state index contributed by atoms with van der Waals surface area (Å²) in [4.78, 5) is 259. The topological polar surface area (TPSA) is 457 Å². The summed E-state index contributed by atoms with van der Waals surface area (Å²) in [5.41, 5.74) is 9.38. The van der Waals surface area contributed by atoms with Crippen molar-refractivity contribution in [2.45, 2.75) is 13.8 Å². The van der Waals surface area contributed by atoms with Gasteiger partial charge in [-0.2, -0.15) is 0 Å². The van der Waals surface area contributed by atoms with Gasteiger partial charge in [-0.1, -0.05) is 0 Å². The summed E-state index contributed by atoms with van der Waals surface area (Å²) in [5.74, 6) is -10.6. The number of nitrogen functional groups attached to an aromatic ring is 1. The minimum absolute atomic E-state index is 0.0154. The van der Waals surface area contributed by atoms with Crippen molar-refractivity contribution >= 4 is 131 Å². The first-order chi connectivity index (χ1) is 54.4. The van der Waals surface area contributed by atoms with Crippen molar-refractivity contribution in [3.63, 3.8) is 0 Å². The Morgan fingerprint density at radius 2 is 0.461 bits per heavy atom. The number of esters is 4. The van der Waals surface area contributed by atoms with E-state index in [0.717, 1.165) is 39.2 Å². The molecule has 8 aromatic rings. The van der Waals surface area contributed by atoms with E-state index in [4.69, 9.17) is 34.2 Å². The molecule has 8 aliphatic heterocycles. The maximum atomic E-state index is 12.6. The van der Waals surface area contributed by atoms with Crippen molar-refractivity contribution < 1.29 is 124 Å². The molecule has 16 amide bonds. The molecule has 0 aliphatic carbocycles. The number of fused-ring (bicyclic) bond motifs is 8. The molecule has 0 unspecified atom stereocenters. The fourth-order valence-electron chi connectivity index (χ4n) is 13.2. The van der Waals surface area contributed by atoms with Gasteiger partial charge in [-0.15, -0.1) is 0 Å². The van der Waals surface area contributed by atoms with Gasteiger partial charge in [0.15, 0.2) is 17.2 Å². The second kappa shape index (κ2) is 29.4. The first-order valence-corrected chi connectivity index (χ1v) is 33.7. The van der Waals surface area contributed by atoms with Crippen molar-refractivity contribution in [1.29, 1.82) is 0 Å². The zero-order valence-corrected chi connectivity index (χ0v) is 62.0. The lowest BCUT2D eigenvalue weighted by Crippen LogP contribution is -2.24. The zero-order valence-electron chi connectivity index (χ0n) is 62.0. The summed E-state index contributed by atoms with van der Waals surface area (Å²) in [6.07, 6.45) is 0. The van der Waals surface area contributed by atoms with Crippen LogP contribution in [0.25, 0.3) is 0 Å². The van der Waals surface area contributed by atoms with Gasteiger partial charge < -0.3 is 34.2 Å². The van der Waals surface area contributed by atoms with E-state index in [1.54, 1.807) is 13.8 Å². The highest BCUT2D eigenvalue weighted by molar-refractivity contribution is 6.28. The molecule has 35 nitrogen and oxygen atoms in total. The van der Waals surface area contributed by atoms with E-state index in [-0.39, 0.29) is 146 Å².